The van der Waals surface area contributed by atoms with E-state index in [-0.39, 0.29) is 10.0 Å². The molecule has 1 aromatic rings. The topological polar surface area (TPSA) is 20.2 Å². The SMILES string of the molecule is CCC(O)(c1c(Cl)cccc1Cl)C(F)(F)F. The Morgan fingerprint density at radius 1 is 1.19 bits per heavy atom. The van der Waals surface area contributed by atoms with Crippen LogP contribution in [0.1, 0.15) is 18.9 Å². The molecule has 0 saturated carbocycles. The van der Waals surface area contributed by atoms with Crippen LogP contribution in [0.4, 0.5) is 13.2 Å². The van der Waals surface area contributed by atoms with E-state index in [1.165, 1.54) is 25.1 Å². The smallest absolute Gasteiger partial charge is 0.376 e. The van der Waals surface area contributed by atoms with E-state index in [0.29, 0.717) is 0 Å². The van der Waals surface area contributed by atoms with Crippen molar-refractivity contribution in [2.45, 2.75) is 25.1 Å². The summed E-state index contributed by atoms with van der Waals surface area (Å²) in [5.41, 5.74) is -3.50. The zero-order valence-corrected chi connectivity index (χ0v) is 9.79. The summed E-state index contributed by atoms with van der Waals surface area (Å²) in [4.78, 5) is 0. The van der Waals surface area contributed by atoms with E-state index in [1.54, 1.807) is 0 Å². The van der Waals surface area contributed by atoms with Crippen LogP contribution in [0.3, 0.4) is 0 Å². The third-order valence-electron chi connectivity index (χ3n) is 2.36. The minimum atomic E-state index is -4.82. The minimum absolute atomic E-state index is 0.200. The molecule has 1 unspecified atom stereocenters. The van der Waals surface area contributed by atoms with Crippen LogP contribution in [0.5, 0.6) is 0 Å². The van der Waals surface area contributed by atoms with Gasteiger partial charge in [-0.1, -0.05) is 36.2 Å². The molecule has 0 aliphatic carbocycles. The van der Waals surface area contributed by atoms with E-state index < -0.39 is 23.8 Å². The zero-order valence-electron chi connectivity index (χ0n) is 8.28. The molecule has 1 atom stereocenters. The van der Waals surface area contributed by atoms with E-state index in [0.717, 1.165) is 0 Å². The first-order valence-electron chi connectivity index (χ1n) is 4.47. The maximum Gasteiger partial charge on any atom is 0.421 e. The number of rotatable bonds is 2. The number of alkyl halides is 3. The molecule has 0 fully saturated rings. The van der Waals surface area contributed by atoms with Gasteiger partial charge in [0, 0.05) is 15.6 Å². The summed E-state index contributed by atoms with van der Waals surface area (Å²) < 4.78 is 38.3. The number of benzene rings is 1. The van der Waals surface area contributed by atoms with Crippen LogP contribution in [0.15, 0.2) is 18.2 Å². The second-order valence-corrected chi connectivity index (χ2v) is 4.12. The van der Waals surface area contributed by atoms with Gasteiger partial charge in [0.25, 0.3) is 0 Å². The molecule has 0 radical (unpaired) electrons. The van der Waals surface area contributed by atoms with E-state index in [2.05, 4.69) is 0 Å². The van der Waals surface area contributed by atoms with Crippen molar-refractivity contribution < 1.29 is 18.3 Å². The van der Waals surface area contributed by atoms with Crippen molar-refractivity contribution in [3.63, 3.8) is 0 Å². The molecule has 0 saturated heterocycles. The largest absolute Gasteiger partial charge is 0.421 e. The second-order valence-electron chi connectivity index (χ2n) is 3.31. The van der Waals surface area contributed by atoms with Crippen LogP contribution in [0, 0.1) is 0 Å². The zero-order chi connectivity index (χ0) is 12.6. The lowest BCUT2D eigenvalue weighted by molar-refractivity contribution is -0.267. The van der Waals surface area contributed by atoms with Crippen molar-refractivity contribution in [1.29, 1.82) is 0 Å². The first-order chi connectivity index (χ1) is 7.24. The fraction of sp³-hybridized carbons (Fsp3) is 0.400. The maximum atomic E-state index is 12.8. The predicted molar refractivity (Wildman–Crippen MR) is 56.7 cm³/mol. The number of halogens is 5. The molecular formula is C10H9Cl2F3O. The van der Waals surface area contributed by atoms with E-state index in [1.807, 2.05) is 0 Å². The molecule has 0 bridgehead atoms. The molecular weight excluding hydrogens is 264 g/mol. The average molecular weight is 273 g/mol. The van der Waals surface area contributed by atoms with Crippen LogP contribution >= 0.6 is 23.2 Å². The van der Waals surface area contributed by atoms with Crippen molar-refractivity contribution in [2.24, 2.45) is 0 Å². The highest BCUT2D eigenvalue weighted by atomic mass is 35.5. The monoisotopic (exact) mass is 272 g/mol. The Balaban J connectivity index is 3.46. The molecule has 16 heavy (non-hydrogen) atoms. The summed E-state index contributed by atoms with van der Waals surface area (Å²) in [5, 5.41) is 9.30. The van der Waals surface area contributed by atoms with Crippen LogP contribution in [0.2, 0.25) is 10.0 Å². The number of hydrogen-bond donors (Lipinski definition) is 1. The predicted octanol–water partition coefficient (Wildman–Crippen LogP) is 4.15. The molecule has 1 rings (SSSR count). The van der Waals surface area contributed by atoms with Gasteiger partial charge in [0.05, 0.1) is 0 Å². The van der Waals surface area contributed by atoms with Gasteiger partial charge < -0.3 is 5.11 Å². The molecule has 0 heterocycles. The summed E-state index contributed by atoms with van der Waals surface area (Å²) in [6, 6.07) is 3.94. The van der Waals surface area contributed by atoms with E-state index in [4.69, 9.17) is 23.2 Å². The quantitative estimate of drug-likeness (QED) is 0.858. The molecule has 0 spiro atoms. The minimum Gasteiger partial charge on any atom is -0.376 e. The average Bonchev–Trinajstić information content (AvgIpc) is 2.15. The molecule has 0 amide bonds. The third-order valence-corrected chi connectivity index (χ3v) is 2.99. The van der Waals surface area contributed by atoms with Gasteiger partial charge in [-0.3, -0.25) is 0 Å². The van der Waals surface area contributed by atoms with Crippen LogP contribution in [-0.4, -0.2) is 11.3 Å². The molecule has 1 nitrogen and oxygen atoms in total. The first-order valence-corrected chi connectivity index (χ1v) is 5.23. The molecule has 0 aliphatic heterocycles. The van der Waals surface area contributed by atoms with Gasteiger partial charge in [0.1, 0.15) is 0 Å². The fourth-order valence-electron chi connectivity index (χ4n) is 1.41. The van der Waals surface area contributed by atoms with Gasteiger partial charge >= 0.3 is 6.18 Å². The van der Waals surface area contributed by atoms with Crippen molar-refractivity contribution in [1.82, 2.24) is 0 Å². The van der Waals surface area contributed by atoms with Crippen molar-refractivity contribution in [2.75, 3.05) is 0 Å². The Hall–Kier alpha value is -0.450. The van der Waals surface area contributed by atoms with Crippen molar-refractivity contribution >= 4 is 23.2 Å². The summed E-state index contributed by atoms with van der Waals surface area (Å²) >= 11 is 11.3. The van der Waals surface area contributed by atoms with Gasteiger partial charge in [-0.15, -0.1) is 0 Å². The normalized spacial score (nSPS) is 15.9. The Bertz CT molecular complexity index is 372. The summed E-state index contributed by atoms with van der Waals surface area (Å²) in [7, 11) is 0. The van der Waals surface area contributed by atoms with Crippen molar-refractivity contribution in [3.05, 3.63) is 33.8 Å². The standard InChI is InChI=1S/C10H9Cl2F3O/c1-2-9(16,10(13,14)15)8-6(11)4-3-5-7(8)12/h3-5,16H,2H2,1H3. The molecule has 90 valence electrons. The lowest BCUT2D eigenvalue weighted by Gasteiger charge is -2.31. The number of aliphatic hydroxyl groups is 1. The summed E-state index contributed by atoms with van der Waals surface area (Å²) in [5.74, 6) is 0. The third kappa shape index (κ3) is 2.14. The second kappa shape index (κ2) is 4.43. The Kier molecular flexibility index (Phi) is 3.77. The van der Waals surface area contributed by atoms with Gasteiger partial charge in [-0.05, 0) is 18.6 Å². The van der Waals surface area contributed by atoms with Gasteiger partial charge in [-0.2, -0.15) is 13.2 Å². The lowest BCUT2D eigenvalue weighted by Crippen LogP contribution is -2.42. The van der Waals surface area contributed by atoms with Gasteiger partial charge in [0.15, 0.2) is 5.60 Å². The highest BCUT2D eigenvalue weighted by molar-refractivity contribution is 6.36. The van der Waals surface area contributed by atoms with Crippen molar-refractivity contribution in [3.8, 4) is 0 Å². The van der Waals surface area contributed by atoms with E-state index in [9.17, 15) is 18.3 Å². The molecule has 1 aromatic carbocycles. The Morgan fingerprint density at radius 2 is 1.62 bits per heavy atom. The van der Waals surface area contributed by atoms with Crippen LogP contribution in [-0.2, 0) is 5.60 Å². The fourth-order valence-corrected chi connectivity index (χ4v) is 2.12. The molecule has 0 aromatic heterocycles. The Morgan fingerprint density at radius 3 is 1.94 bits per heavy atom. The Labute approximate surface area is 101 Å². The highest BCUT2D eigenvalue weighted by Crippen LogP contribution is 2.46. The summed E-state index contributed by atoms with van der Waals surface area (Å²) in [6.07, 6.45) is -5.38. The van der Waals surface area contributed by atoms with E-state index >= 15 is 0 Å². The van der Waals surface area contributed by atoms with Gasteiger partial charge in [0.2, 0.25) is 0 Å². The number of hydrogen-bond acceptors (Lipinski definition) is 1. The molecule has 1 N–H and O–H groups in total. The molecule has 6 heteroatoms. The lowest BCUT2D eigenvalue weighted by atomic mass is 9.90. The highest BCUT2D eigenvalue weighted by Gasteiger charge is 2.55. The van der Waals surface area contributed by atoms with Crippen LogP contribution in [0.25, 0.3) is 0 Å². The first kappa shape index (κ1) is 13.6. The molecule has 0 aliphatic rings. The summed E-state index contributed by atoms with van der Waals surface area (Å²) in [6.45, 7) is 1.22. The van der Waals surface area contributed by atoms with Crippen LogP contribution < -0.4 is 0 Å². The maximum absolute atomic E-state index is 12.8. The van der Waals surface area contributed by atoms with Gasteiger partial charge in [-0.25, -0.2) is 0 Å².